The molecule has 5 N–H and O–H groups in total. The molecule has 2 aromatic heterocycles. The molecule has 1 amide bonds. The van der Waals surface area contributed by atoms with E-state index in [4.69, 9.17) is 14.6 Å². The van der Waals surface area contributed by atoms with Crippen LogP contribution < -0.4 is 19.9 Å². The van der Waals surface area contributed by atoms with Gasteiger partial charge in [-0.3, -0.25) is 9.80 Å². The first kappa shape index (κ1) is 35.9. The van der Waals surface area contributed by atoms with Crippen molar-refractivity contribution in [1.29, 1.82) is 0 Å². The lowest BCUT2D eigenvalue weighted by atomic mass is 10.2. The van der Waals surface area contributed by atoms with Crippen LogP contribution >= 0.6 is 23.1 Å². The van der Waals surface area contributed by atoms with Crippen molar-refractivity contribution in [2.45, 2.75) is 34.8 Å². The third kappa shape index (κ3) is 10.0. The molecule has 0 radical (unpaired) electrons. The standard InChI is InChI=1S/C28H32FN9O8S3/c29-8-20(12-39)38-10-19(34-36-38)14-45-21-3-1-2-17(6-21)15-47-16-24(27(41)42)31-26(40)11-37-9-18(33-35-37)13-46-22-4-5-25-23(7-22)32-28(48-25)49(30,43)44/h1-7,10,18,20,24,39H,8-9,11-16H2,(H,31,40)(H,41,42)(H2,30,43,44). The number of halogens is 1. The summed E-state index contributed by atoms with van der Waals surface area (Å²) < 4.78 is 49.3. The maximum absolute atomic E-state index is 13.0. The highest BCUT2D eigenvalue weighted by molar-refractivity contribution is 7.98. The van der Waals surface area contributed by atoms with Gasteiger partial charge < -0.3 is 25.0 Å². The third-order valence-corrected chi connectivity index (χ3v) is 10.4. The van der Waals surface area contributed by atoms with E-state index < -0.39 is 53.3 Å². The molecule has 5 rings (SSSR count). The number of aliphatic carboxylic acids is 1. The number of thiazole rings is 1. The molecular weight excluding hydrogens is 706 g/mol. The number of rotatable bonds is 18. The molecule has 262 valence electrons. The van der Waals surface area contributed by atoms with Gasteiger partial charge in [0, 0.05) is 17.6 Å². The molecule has 3 unspecified atom stereocenters. The highest BCUT2D eigenvalue weighted by Crippen LogP contribution is 2.28. The topological polar surface area (TPSA) is 237 Å². The van der Waals surface area contributed by atoms with Crippen molar-refractivity contribution in [1.82, 2.24) is 30.3 Å². The Kier molecular flexibility index (Phi) is 11.9. The predicted molar refractivity (Wildman–Crippen MR) is 175 cm³/mol. The SMILES string of the molecule is NS(=O)(=O)c1nc2cc(OCC3CN(CC(=O)NC(CSCc4cccc(OCc5cn(C(CO)CF)nn5)c4)C(=O)O)N=N3)ccc2s1. The van der Waals surface area contributed by atoms with Crippen LogP contribution in [0.2, 0.25) is 0 Å². The normalized spacial score (nSPS) is 15.7. The number of ether oxygens (including phenoxy) is 2. The average Bonchev–Trinajstić information content (AvgIpc) is 3.83. The molecular formula is C28H32FN9O8S3. The molecule has 0 saturated heterocycles. The largest absolute Gasteiger partial charge is 0.491 e. The van der Waals surface area contributed by atoms with E-state index in [1.165, 1.54) is 27.6 Å². The number of nitrogens with one attached hydrogen (secondary N) is 1. The van der Waals surface area contributed by atoms with E-state index in [9.17, 15) is 32.6 Å². The van der Waals surface area contributed by atoms with Gasteiger partial charge >= 0.3 is 5.97 Å². The van der Waals surface area contributed by atoms with E-state index >= 15 is 0 Å². The summed E-state index contributed by atoms with van der Waals surface area (Å²) in [6, 6.07) is 9.80. The van der Waals surface area contributed by atoms with Gasteiger partial charge in [0.2, 0.25) is 10.2 Å². The van der Waals surface area contributed by atoms with Crippen LogP contribution in [-0.4, -0.2) is 106 Å². The Hall–Kier alpha value is -4.44. The van der Waals surface area contributed by atoms with Gasteiger partial charge in [0.25, 0.3) is 10.0 Å². The van der Waals surface area contributed by atoms with Crippen molar-refractivity contribution in [3.8, 4) is 11.5 Å². The van der Waals surface area contributed by atoms with Crippen LogP contribution in [0.25, 0.3) is 10.2 Å². The minimum Gasteiger partial charge on any atom is -0.491 e. The van der Waals surface area contributed by atoms with Crippen LogP contribution in [-0.2, 0) is 32.0 Å². The van der Waals surface area contributed by atoms with Crippen molar-refractivity contribution in [3.05, 3.63) is 59.9 Å². The van der Waals surface area contributed by atoms with E-state index in [0.29, 0.717) is 33.2 Å². The van der Waals surface area contributed by atoms with Gasteiger partial charge in [0.05, 0.1) is 29.6 Å². The Morgan fingerprint density at radius 2 is 2.02 bits per heavy atom. The molecule has 21 heteroatoms. The number of benzene rings is 2. The van der Waals surface area contributed by atoms with Gasteiger partial charge in [0.15, 0.2) is 0 Å². The van der Waals surface area contributed by atoms with E-state index in [1.807, 2.05) is 6.07 Å². The Labute approximate surface area is 287 Å². The van der Waals surface area contributed by atoms with Crippen LogP contribution in [0.5, 0.6) is 11.5 Å². The third-order valence-electron chi connectivity index (χ3n) is 6.91. The van der Waals surface area contributed by atoms with E-state index in [1.54, 1.807) is 36.4 Å². The number of aromatic nitrogens is 4. The molecule has 2 aromatic carbocycles. The van der Waals surface area contributed by atoms with E-state index in [2.05, 4.69) is 31.0 Å². The van der Waals surface area contributed by atoms with Gasteiger partial charge in [0.1, 0.15) is 61.8 Å². The number of aliphatic hydroxyl groups is 1. The number of amides is 1. The molecule has 0 bridgehead atoms. The minimum absolute atomic E-state index is 0.0775. The first-order valence-corrected chi connectivity index (χ1v) is 18.1. The van der Waals surface area contributed by atoms with E-state index in [0.717, 1.165) is 16.9 Å². The quantitative estimate of drug-likeness (QED) is 0.114. The molecule has 3 heterocycles. The van der Waals surface area contributed by atoms with Gasteiger partial charge in [-0.2, -0.15) is 16.9 Å². The van der Waals surface area contributed by atoms with Crippen molar-refractivity contribution in [2.75, 3.05) is 38.7 Å². The fourth-order valence-corrected chi connectivity index (χ4v) is 7.08. The van der Waals surface area contributed by atoms with E-state index in [-0.39, 0.29) is 36.4 Å². The Balaban J connectivity index is 1.03. The van der Waals surface area contributed by atoms with Gasteiger partial charge in [-0.25, -0.2) is 32.4 Å². The summed E-state index contributed by atoms with van der Waals surface area (Å²) in [5.74, 6) is -0.160. The number of sulfonamides is 1. The van der Waals surface area contributed by atoms with Gasteiger partial charge in [-0.1, -0.05) is 22.6 Å². The highest BCUT2D eigenvalue weighted by atomic mass is 32.2. The maximum atomic E-state index is 13.0. The number of primary sulfonamides is 1. The number of aliphatic hydroxyl groups excluding tert-OH is 1. The van der Waals surface area contributed by atoms with Crippen molar-refractivity contribution < 1.29 is 42.1 Å². The number of hydrogen-bond acceptors (Lipinski definition) is 15. The zero-order valence-electron chi connectivity index (χ0n) is 25.7. The first-order valence-electron chi connectivity index (χ1n) is 14.6. The number of carbonyl (C=O) groups excluding carboxylic acids is 1. The number of thioether (sulfide) groups is 1. The zero-order valence-corrected chi connectivity index (χ0v) is 28.1. The number of fused-ring (bicyclic) bond motifs is 1. The highest BCUT2D eigenvalue weighted by Gasteiger charge is 2.25. The molecule has 3 atom stereocenters. The number of nitrogens with two attached hydrogens (primary N) is 1. The van der Waals surface area contributed by atoms with Crippen LogP contribution in [0.4, 0.5) is 4.39 Å². The smallest absolute Gasteiger partial charge is 0.327 e. The van der Waals surface area contributed by atoms with Crippen molar-refractivity contribution in [2.24, 2.45) is 15.5 Å². The van der Waals surface area contributed by atoms with Crippen LogP contribution in [0.15, 0.2) is 63.3 Å². The average molecular weight is 738 g/mol. The number of carboxylic acid groups (broad SMARTS) is 1. The summed E-state index contributed by atoms with van der Waals surface area (Å²) >= 11 is 2.28. The zero-order chi connectivity index (χ0) is 35.0. The number of hydrogen-bond donors (Lipinski definition) is 4. The molecule has 0 aliphatic carbocycles. The van der Waals surface area contributed by atoms with Crippen LogP contribution in [0.3, 0.4) is 0 Å². The molecule has 17 nitrogen and oxygen atoms in total. The summed E-state index contributed by atoms with van der Waals surface area (Å²) in [4.78, 5) is 28.6. The predicted octanol–water partition coefficient (Wildman–Crippen LogP) is 1.55. The van der Waals surface area contributed by atoms with Crippen LogP contribution in [0, 0.1) is 0 Å². The summed E-state index contributed by atoms with van der Waals surface area (Å²) in [6.07, 6.45) is 1.50. The lowest BCUT2D eigenvalue weighted by molar-refractivity contribution is -0.141. The Bertz CT molecular complexity index is 1900. The molecule has 49 heavy (non-hydrogen) atoms. The summed E-state index contributed by atoms with van der Waals surface area (Å²) in [6.45, 7) is -0.900. The second-order valence-corrected chi connectivity index (χ2v) is 14.6. The Morgan fingerprint density at radius 3 is 2.78 bits per heavy atom. The molecule has 0 saturated carbocycles. The lowest BCUT2D eigenvalue weighted by Crippen LogP contribution is -2.46. The number of carbonyl (C=O) groups is 2. The van der Waals surface area contributed by atoms with Gasteiger partial charge in [-0.15, -0.1) is 16.4 Å². The molecule has 1 aliphatic heterocycles. The molecule has 0 spiro atoms. The maximum Gasteiger partial charge on any atom is 0.327 e. The fourth-order valence-electron chi connectivity index (χ4n) is 4.45. The molecule has 1 aliphatic rings. The molecule has 0 fully saturated rings. The van der Waals surface area contributed by atoms with Crippen molar-refractivity contribution >= 4 is 55.2 Å². The first-order chi connectivity index (χ1) is 23.5. The summed E-state index contributed by atoms with van der Waals surface area (Å²) in [5, 5.41) is 43.8. The number of nitrogens with zero attached hydrogens (tertiary/aromatic N) is 7. The second-order valence-electron chi connectivity index (χ2n) is 10.8. The summed E-state index contributed by atoms with van der Waals surface area (Å²) in [5.41, 5.74) is 1.75. The fraction of sp³-hybridized carbons (Fsp3) is 0.393. The Morgan fingerprint density at radius 1 is 1.20 bits per heavy atom. The number of carboxylic acids is 1. The van der Waals surface area contributed by atoms with Crippen molar-refractivity contribution in [3.63, 3.8) is 0 Å². The second kappa shape index (κ2) is 16.3. The molecule has 4 aromatic rings. The van der Waals surface area contributed by atoms with Gasteiger partial charge in [-0.05, 0) is 29.8 Å². The summed E-state index contributed by atoms with van der Waals surface area (Å²) in [7, 11) is -3.91. The van der Waals surface area contributed by atoms with Crippen LogP contribution in [0.1, 0.15) is 17.3 Å². The number of alkyl halides is 1. The monoisotopic (exact) mass is 737 g/mol. The minimum atomic E-state index is -3.91. The lowest BCUT2D eigenvalue weighted by Gasteiger charge is -2.17.